The number of hydrogen-bond acceptors (Lipinski definition) is 4. The molecule has 1 fully saturated rings. The molecule has 86 valence electrons. The quantitative estimate of drug-likeness (QED) is 0.411. The summed E-state index contributed by atoms with van der Waals surface area (Å²) in [6.07, 6.45) is 2.76. The SMILES string of the molecule is CC(C)(C)OC(=O)N1CCC[C@@H]1C=NO. The first-order valence-corrected chi connectivity index (χ1v) is 5.11. The van der Waals surface area contributed by atoms with Crippen molar-refractivity contribution in [2.45, 2.75) is 45.3 Å². The van der Waals surface area contributed by atoms with Gasteiger partial charge in [-0.1, -0.05) is 5.16 Å². The number of ether oxygens (including phenoxy) is 1. The maximum Gasteiger partial charge on any atom is 0.410 e. The van der Waals surface area contributed by atoms with Crippen LogP contribution in [0.1, 0.15) is 33.6 Å². The summed E-state index contributed by atoms with van der Waals surface area (Å²) in [7, 11) is 0. The van der Waals surface area contributed by atoms with Crippen molar-refractivity contribution in [1.82, 2.24) is 4.90 Å². The number of carbonyl (C=O) groups excluding carboxylic acids is 1. The Morgan fingerprint density at radius 3 is 2.80 bits per heavy atom. The van der Waals surface area contributed by atoms with Crippen LogP contribution in [0.25, 0.3) is 0 Å². The molecule has 0 aromatic rings. The minimum atomic E-state index is -0.486. The van der Waals surface area contributed by atoms with E-state index in [-0.39, 0.29) is 12.1 Å². The molecular formula is C10H18N2O3. The number of likely N-dealkylation sites (tertiary alicyclic amines) is 1. The Kier molecular flexibility index (Phi) is 3.55. The molecule has 0 radical (unpaired) electrons. The zero-order chi connectivity index (χ0) is 11.5. The molecular weight excluding hydrogens is 196 g/mol. The van der Waals surface area contributed by atoms with Crippen molar-refractivity contribution in [3.63, 3.8) is 0 Å². The molecule has 0 saturated carbocycles. The van der Waals surface area contributed by atoms with Crippen LogP contribution in [0.4, 0.5) is 4.79 Å². The van der Waals surface area contributed by atoms with Crippen LogP contribution in [0.3, 0.4) is 0 Å². The van der Waals surface area contributed by atoms with Gasteiger partial charge in [0.2, 0.25) is 0 Å². The summed E-state index contributed by atoms with van der Waals surface area (Å²) in [6, 6.07) is -0.134. The van der Waals surface area contributed by atoms with Crippen molar-refractivity contribution < 1.29 is 14.7 Å². The number of amides is 1. The summed E-state index contributed by atoms with van der Waals surface area (Å²) in [6.45, 7) is 6.15. The summed E-state index contributed by atoms with van der Waals surface area (Å²) >= 11 is 0. The number of nitrogens with zero attached hydrogens (tertiary/aromatic N) is 2. The summed E-state index contributed by atoms with van der Waals surface area (Å²) in [4.78, 5) is 13.3. The van der Waals surface area contributed by atoms with E-state index in [0.29, 0.717) is 6.54 Å². The number of oxime groups is 1. The Morgan fingerprint density at radius 1 is 1.60 bits per heavy atom. The normalized spacial score (nSPS) is 22.3. The lowest BCUT2D eigenvalue weighted by atomic mass is 10.2. The molecule has 5 heteroatoms. The largest absolute Gasteiger partial charge is 0.444 e. The third-order valence-corrected chi connectivity index (χ3v) is 2.17. The Bertz CT molecular complexity index is 258. The van der Waals surface area contributed by atoms with Gasteiger partial charge in [0.25, 0.3) is 0 Å². The molecule has 1 rings (SSSR count). The monoisotopic (exact) mass is 214 g/mol. The predicted molar refractivity (Wildman–Crippen MR) is 56.2 cm³/mol. The predicted octanol–water partition coefficient (Wildman–Crippen LogP) is 1.85. The average molecular weight is 214 g/mol. The van der Waals surface area contributed by atoms with Crippen LogP contribution in [-0.2, 0) is 4.74 Å². The van der Waals surface area contributed by atoms with Crippen molar-refractivity contribution in [2.75, 3.05) is 6.54 Å². The van der Waals surface area contributed by atoms with Gasteiger partial charge in [0.05, 0.1) is 12.3 Å². The van der Waals surface area contributed by atoms with Crippen LogP contribution in [0.15, 0.2) is 5.16 Å². The van der Waals surface area contributed by atoms with Gasteiger partial charge in [0, 0.05) is 6.54 Å². The van der Waals surface area contributed by atoms with Crippen molar-refractivity contribution >= 4 is 12.3 Å². The lowest BCUT2D eigenvalue weighted by molar-refractivity contribution is 0.0267. The Hall–Kier alpha value is -1.26. The molecule has 5 nitrogen and oxygen atoms in total. The molecule has 1 aliphatic heterocycles. The minimum absolute atomic E-state index is 0.134. The molecule has 0 aliphatic carbocycles. The van der Waals surface area contributed by atoms with Gasteiger partial charge < -0.3 is 14.8 Å². The van der Waals surface area contributed by atoms with Gasteiger partial charge in [0.1, 0.15) is 5.60 Å². The van der Waals surface area contributed by atoms with E-state index in [1.165, 1.54) is 6.21 Å². The maximum atomic E-state index is 11.7. The molecule has 1 aliphatic rings. The smallest absolute Gasteiger partial charge is 0.410 e. The Labute approximate surface area is 89.7 Å². The minimum Gasteiger partial charge on any atom is -0.444 e. The van der Waals surface area contributed by atoms with Crippen molar-refractivity contribution in [3.8, 4) is 0 Å². The van der Waals surface area contributed by atoms with Gasteiger partial charge in [-0.15, -0.1) is 0 Å². The molecule has 1 heterocycles. The first-order valence-electron chi connectivity index (χ1n) is 5.11. The van der Waals surface area contributed by atoms with Gasteiger partial charge in [-0.05, 0) is 33.6 Å². The van der Waals surface area contributed by atoms with Gasteiger partial charge in [-0.3, -0.25) is 0 Å². The van der Waals surface area contributed by atoms with Crippen LogP contribution >= 0.6 is 0 Å². The van der Waals surface area contributed by atoms with Crippen LogP contribution in [0.2, 0.25) is 0 Å². The molecule has 0 spiro atoms. The highest BCUT2D eigenvalue weighted by molar-refractivity contribution is 5.76. The fourth-order valence-electron chi connectivity index (χ4n) is 1.57. The van der Waals surface area contributed by atoms with E-state index in [2.05, 4.69) is 5.16 Å². The van der Waals surface area contributed by atoms with Crippen molar-refractivity contribution in [3.05, 3.63) is 0 Å². The highest BCUT2D eigenvalue weighted by Crippen LogP contribution is 2.19. The zero-order valence-corrected chi connectivity index (χ0v) is 9.43. The molecule has 0 aromatic heterocycles. The van der Waals surface area contributed by atoms with Crippen LogP contribution in [0, 0.1) is 0 Å². The lowest BCUT2D eigenvalue weighted by Gasteiger charge is -2.26. The highest BCUT2D eigenvalue weighted by atomic mass is 16.6. The van der Waals surface area contributed by atoms with E-state index in [4.69, 9.17) is 9.94 Å². The second kappa shape index (κ2) is 4.51. The Balaban J connectivity index is 2.59. The van der Waals surface area contributed by atoms with E-state index < -0.39 is 5.60 Å². The van der Waals surface area contributed by atoms with E-state index >= 15 is 0 Å². The molecule has 0 bridgehead atoms. The second-order valence-electron chi connectivity index (χ2n) is 4.65. The van der Waals surface area contributed by atoms with E-state index in [1.54, 1.807) is 4.90 Å². The fourth-order valence-corrected chi connectivity index (χ4v) is 1.57. The van der Waals surface area contributed by atoms with Crippen molar-refractivity contribution in [1.29, 1.82) is 0 Å². The topological polar surface area (TPSA) is 62.1 Å². The molecule has 1 N–H and O–H groups in total. The van der Waals surface area contributed by atoms with Crippen LogP contribution < -0.4 is 0 Å². The van der Waals surface area contributed by atoms with Crippen LogP contribution in [-0.4, -0.2) is 40.6 Å². The third kappa shape index (κ3) is 3.42. The summed E-state index contributed by atoms with van der Waals surface area (Å²) in [5.74, 6) is 0. The van der Waals surface area contributed by atoms with Gasteiger partial charge >= 0.3 is 6.09 Å². The molecule has 1 amide bonds. The van der Waals surface area contributed by atoms with Gasteiger partial charge in [-0.2, -0.15) is 0 Å². The molecule has 15 heavy (non-hydrogen) atoms. The van der Waals surface area contributed by atoms with Crippen LogP contribution in [0.5, 0.6) is 0 Å². The van der Waals surface area contributed by atoms with E-state index in [0.717, 1.165) is 12.8 Å². The highest BCUT2D eigenvalue weighted by Gasteiger charge is 2.31. The zero-order valence-electron chi connectivity index (χ0n) is 9.43. The standard InChI is InChI=1S/C10H18N2O3/c1-10(2,3)15-9(13)12-6-4-5-8(12)7-11-14/h7-8,14H,4-6H2,1-3H3/t8-/m1/s1. The summed E-state index contributed by atoms with van der Waals surface area (Å²) < 4.78 is 5.24. The molecule has 0 aromatic carbocycles. The number of hydrogen-bond donors (Lipinski definition) is 1. The fraction of sp³-hybridized carbons (Fsp3) is 0.800. The molecule has 1 atom stereocenters. The van der Waals surface area contributed by atoms with Crippen molar-refractivity contribution in [2.24, 2.45) is 5.16 Å². The summed E-state index contributed by atoms with van der Waals surface area (Å²) in [5.41, 5.74) is -0.486. The lowest BCUT2D eigenvalue weighted by Crippen LogP contribution is -2.40. The first-order chi connectivity index (χ1) is 6.94. The maximum absolute atomic E-state index is 11.7. The molecule has 1 saturated heterocycles. The number of carbonyl (C=O) groups is 1. The average Bonchev–Trinajstić information content (AvgIpc) is 2.49. The van der Waals surface area contributed by atoms with Gasteiger partial charge in [0.15, 0.2) is 0 Å². The second-order valence-corrected chi connectivity index (χ2v) is 4.65. The first kappa shape index (κ1) is 11.8. The third-order valence-electron chi connectivity index (χ3n) is 2.17. The number of rotatable bonds is 1. The van der Waals surface area contributed by atoms with Gasteiger partial charge in [-0.25, -0.2) is 4.79 Å². The van der Waals surface area contributed by atoms with E-state index in [1.807, 2.05) is 20.8 Å². The van der Waals surface area contributed by atoms with E-state index in [9.17, 15) is 4.79 Å². The summed E-state index contributed by atoms with van der Waals surface area (Å²) in [5, 5.41) is 11.4. The Morgan fingerprint density at radius 2 is 2.27 bits per heavy atom. The molecule has 0 unspecified atom stereocenters.